The molecule has 9 heteroatoms. The number of aromatic nitrogens is 3. The van der Waals surface area contributed by atoms with Crippen molar-refractivity contribution in [3.8, 4) is 5.75 Å². The lowest BCUT2D eigenvalue weighted by atomic mass is 9.95. The standard InChI is InChI=1S/C31H42N4O4Si/c1-22-28(14-7-23-5-8-25(9-6-23)35-19-16-30(35)37)39-29(15-18-34-21-24(17-20-36)32-33-34)31(22)40(3,4)27-12-10-26(38-2)11-13-27/h5-6,8-13,21-22,28-29,31,36H,7,14-20H2,1-4H3/t22-,28+,29-,31+/m1/s1. The number of benzene rings is 2. The highest BCUT2D eigenvalue weighted by Gasteiger charge is 2.50. The first-order chi connectivity index (χ1) is 19.3. The number of aryl methyl sites for hydroxylation is 2. The largest absolute Gasteiger partial charge is 0.497 e. The van der Waals surface area contributed by atoms with Crippen molar-refractivity contribution in [3.63, 3.8) is 0 Å². The van der Waals surface area contributed by atoms with Crippen molar-refractivity contribution >= 4 is 24.9 Å². The van der Waals surface area contributed by atoms with Crippen LogP contribution in [0.3, 0.4) is 0 Å². The number of aliphatic hydroxyl groups excluding tert-OH is 1. The molecule has 3 aromatic rings. The number of hydrogen-bond acceptors (Lipinski definition) is 6. The molecule has 0 spiro atoms. The van der Waals surface area contributed by atoms with Gasteiger partial charge < -0.3 is 19.5 Å². The number of amides is 1. The maximum absolute atomic E-state index is 11.8. The minimum absolute atomic E-state index is 0.0758. The summed E-state index contributed by atoms with van der Waals surface area (Å²) in [5, 5.41) is 19.1. The highest BCUT2D eigenvalue weighted by atomic mass is 28.3. The Morgan fingerprint density at radius 2 is 1.80 bits per heavy atom. The van der Waals surface area contributed by atoms with Crippen LogP contribution in [0.4, 0.5) is 5.69 Å². The number of β-lactam (4-membered cyclic amide) rings is 1. The van der Waals surface area contributed by atoms with E-state index in [4.69, 9.17) is 9.47 Å². The van der Waals surface area contributed by atoms with Crippen LogP contribution in [0.25, 0.3) is 0 Å². The molecule has 1 amide bonds. The first kappa shape index (κ1) is 28.5. The highest BCUT2D eigenvalue weighted by Crippen LogP contribution is 2.46. The van der Waals surface area contributed by atoms with Gasteiger partial charge in [-0.15, -0.1) is 5.10 Å². The van der Waals surface area contributed by atoms with Gasteiger partial charge in [0.1, 0.15) is 5.75 Å². The van der Waals surface area contributed by atoms with E-state index in [0.717, 1.165) is 49.5 Å². The molecule has 3 heterocycles. The number of carbonyl (C=O) groups is 1. The van der Waals surface area contributed by atoms with E-state index in [1.54, 1.807) is 7.11 Å². The van der Waals surface area contributed by atoms with Crippen molar-refractivity contribution in [3.05, 3.63) is 66.0 Å². The topological polar surface area (TPSA) is 89.7 Å². The van der Waals surface area contributed by atoms with E-state index in [2.05, 4.69) is 78.9 Å². The Morgan fingerprint density at radius 1 is 1.05 bits per heavy atom. The molecule has 0 unspecified atom stereocenters. The predicted molar refractivity (Wildman–Crippen MR) is 159 cm³/mol. The van der Waals surface area contributed by atoms with Crippen molar-refractivity contribution in [1.29, 1.82) is 0 Å². The van der Waals surface area contributed by atoms with Crippen molar-refractivity contribution in [2.75, 3.05) is 25.2 Å². The molecule has 0 aliphatic carbocycles. The molecule has 0 saturated carbocycles. The molecule has 1 aromatic heterocycles. The van der Waals surface area contributed by atoms with E-state index in [-0.39, 0.29) is 24.7 Å². The number of aliphatic hydroxyl groups is 1. The van der Waals surface area contributed by atoms with E-state index in [9.17, 15) is 9.90 Å². The summed E-state index contributed by atoms with van der Waals surface area (Å²) < 4.78 is 14.2. The van der Waals surface area contributed by atoms with Gasteiger partial charge in [0.2, 0.25) is 5.91 Å². The lowest BCUT2D eigenvalue weighted by molar-refractivity contribution is -0.122. The van der Waals surface area contributed by atoms with E-state index in [1.165, 1.54) is 10.8 Å². The Morgan fingerprint density at radius 3 is 2.42 bits per heavy atom. The summed E-state index contributed by atoms with van der Waals surface area (Å²) >= 11 is 0. The van der Waals surface area contributed by atoms with Crippen molar-refractivity contribution in [2.45, 2.75) is 76.4 Å². The van der Waals surface area contributed by atoms with Crippen LogP contribution in [0.2, 0.25) is 18.6 Å². The smallest absolute Gasteiger partial charge is 0.228 e. The van der Waals surface area contributed by atoms with Gasteiger partial charge in [0.05, 0.1) is 33.1 Å². The van der Waals surface area contributed by atoms with Gasteiger partial charge in [0.15, 0.2) is 0 Å². The zero-order valence-electron chi connectivity index (χ0n) is 24.1. The van der Waals surface area contributed by atoms with Gasteiger partial charge in [0, 0.05) is 44.4 Å². The van der Waals surface area contributed by atoms with Crippen LogP contribution < -0.4 is 14.8 Å². The quantitative estimate of drug-likeness (QED) is 0.265. The number of ether oxygens (including phenoxy) is 2. The van der Waals surface area contributed by atoms with Gasteiger partial charge in [0.25, 0.3) is 0 Å². The normalized spacial score (nSPS) is 22.9. The second-order valence-electron chi connectivity index (χ2n) is 11.8. The zero-order chi connectivity index (χ0) is 28.3. The molecule has 214 valence electrons. The molecular weight excluding hydrogens is 520 g/mol. The van der Waals surface area contributed by atoms with Crippen LogP contribution in [0.15, 0.2) is 54.7 Å². The average Bonchev–Trinajstić information content (AvgIpc) is 3.54. The molecular formula is C31H42N4O4Si. The lowest BCUT2D eigenvalue weighted by Crippen LogP contribution is -2.50. The van der Waals surface area contributed by atoms with Crippen LogP contribution in [-0.2, 0) is 28.9 Å². The maximum atomic E-state index is 11.8. The van der Waals surface area contributed by atoms with E-state index >= 15 is 0 Å². The van der Waals surface area contributed by atoms with Crippen LogP contribution in [0, 0.1) is 5.92 Å². The summed E-state index contributed by atoms with van der Waals surface area (Å²) in [7, 11) is -0.217. The van der Waals surface area contributed by atoms with Crippen LogP contribution in [0.1, 0.15) is 37.4 Å². The van der Waals surface area contributed by atoms with Crippen LogP contribution in [0.5, 0.6) is 5.75 Å². The average molecular weight is 563 g/mol. The first-order valence-electron chi connectivity index (χ1n) is 14.5. The molecule has 2 aliphatic heterocycles. The molecule has 2 saturated heterocycles. The Hall–Kier alpha value is -3.01. The molecule has 2 fully saturated rings. The fourth-order valence-electron chi connectivity index (χ4n) is 6.59. The fraction of sp³-hybridized carbons (Fsp3) is 0.516. The summed E-state index contributed by atoms with van der Waals surface area (Å²) in [5.41, 5.74) is 3.53. The molecule has 2 aliphatic rings. The monoisotopic (exact) mass is 562 g/mol. The van der Waals surface area contributed by atoms with Crippen molar-refractivity contribution in [2.24, 2.45) is 5.92 Å². The number of hydrogen-bond donors (Lipinski definition) is 1. The Kier molecular flexibility index (Phi) is 8.73. The molecule has 40 heavy (non-hydrogen) atoms. The molecule has 4 atom stereocenters. The summed E-state index contributed by atoms with van der Waals surface area (Å²) in [6, 6.07) is 17.1. The van der Waals surface area contributed by atoms with E-state index in [1.807, 2.05) is 15.8 Å². The first-order valence-corrected chi connectivity index (χ1v) is 17.6. The number of rotatable bonds is 12. The third kappa shape index (κ3) is 6.01. The predicted octanol–water partition coefficient (Wildman–Crippen LogP) is 3.97. The van der Waals surface area contributed by atoms with Gasteiger partial charge in [-0.3, -0.25) is 9.48 Å². The molecule has 8 nitrogen and oxygen atoms in total. The molecule has 5 rings (SSSR count). The summed E-state index contributed by atoms with van der Waals surface area (Å²) in [6.07, 6.45) is 6.20. The van der Waals surface area contributed by atoms with Crippen LogP contribution in [-0.4, -0.2) is 66.6 Å². The van der Waals surface area contributed by atoms with Crippen LogP contribution >= 0.6 is 0 Å². The van der Waals surface area contributed by atoms with E-state index < -0.39 is 8.07 Å². The fourth-order valence-corrected chi connectivity index (χ4v) is 10.7. The third-order valence-electron chi connectivity index (χ3n) is 8.98. The minimum Gasteiger partial charge on any atom is -0.497 e. The summed E-state index contributed by atoms with van der Waals surface area (Å²) in [4.78, 5) is 13.6. The van der Waals surface area contributed by atoms with Gasteiger partial charge in [-0.25, -0.2) is 0 Å². The zero-order valence-corrected chi connectivity index (χ0v) is 25.1. The minimum atomic E-state index is -1.92. The van der Waals surface area contributed by atoms with Gasteiger partial charge in [-0.05, 0) is 60.6 Å². The number of methoxy groups -OCH3 is 1. The number of carbonyl (C=O) groups excluding carboxylic acids is 1. The lowest BCUT2D eigenvalue weighted by Gasteiger charge is -2.36. The second-order valence-corrected chi connectivity index (χ2v) is 16.5. The van der Waals surface area contributed by atoms with Crippen molar-refractivity contribution in [1.82, 2.24) is 15.0 Å². The number of anilines is 1. The third-order valence-corrected chi connectivity index (χ3v) is 13.4. The Balaban J connectivity index is 1.30. The highest BCUT2D eigenvalue weighted by molar-refractivity contribution is 6.91. The van der Waals surface area contributed by atoms with Gasteiger partial charge >= 0.3 is 0 Å². The Bertz CT molecular complexity index is 1280. The Labute approximate surface area is 238 Å². The van der Waals surface area contributed by atoms with E-state index in [0.29, 0.717) is 24.3 Å². The van der Waals surface area contributed by atoms with Gasteiger partial charge in [-0.1, -0.05) is 54.7 Å². The number of nitrogens with zero attached hydrogens (tertiary/aromatic N) is 4. The molecule has 1 N–H and O–H groups in total. The second kappa shape index (κ2) is 12.2. The summed E-state index contributed by atoms with van der Waals surface area (Å²) in [5.74, 6) is 1.51. The molecule has 0 bridgehead atoms. The molecule has 2 aromatic carbocycles. The maximum Gasteiger partial charge on any atom is 0.228 e. The SMILES string of the molecule is COc1ccc([Si](C)(C)[C@H]2[C@H](C)[C@H](CCc3ccc(N4CCC4=O)cc3)O[C@@H]2CCn2cc(CCO)nn2)cc1. The summed E-state index contributed by atoms with van der Waals surface area (Å²) in [6.45, 7) is 8.95. The van der Waals surface area contributed by atoms with Crippen molar-refractivity contribution < 1.29 is 19.4 Å². The van der Waals surface area contributed by atoms with Gasteiger partial charge in [-0.2, -0.15) is 0 Å². The molecule has 0 radical (unpaired) electrons.